The lowest BCUT2D eigenvalue weighted by Crippen LogP contribution is -2.21. The SMILES string of the molecule is CS(=O)(=O)NCc1cc(F)cc(-c2nccc3[nH]c(-c4n[nH]c5ccc(-c6cncc(NC(=O)c7ccccc7)c6)c(F)c45)nc23)c1. The van der Waals surface area contributed by atoms with Crippen molar-refractivity contribution >= 4 is 43.6 Å². The number of H-pyrrole nitrogens is 2. The number of fused-ring (bicyclic) bond motifs is 2. The van der Waals surface area contributed by atoms with E-state index in [1.165, 1.54) is 30.7 Å². The molecule has 0 spiro atoms. The van der Waals surface area contributed by atoms with Crippen LogP contribution in [0.5, 0.6) is 0 Å². The second kappa shape index (κ2) is 11.8. The molecule has 7 aromatic rings. The van der Waals surface area contributed by atoms with Gasteiger partial charge in [0.25, 0.3) is 5.91 Å². The number of aromatic amines is 2. The number of hydrogen-bond acceptors (Lipinski definition) is 7. The van der Waals surface area contributed by atoms with Crippen molar-refractivity contribution in [3.8, 4) is 33.9 Å². The van der Waals surface area contributed by atoms with Crippen molar-refractivity contribution in [2.45, 2.75) is 6.54 Å². The molecule has 4 aromatic heterocycles. The molecule has 4 N–H and O–H groups in total. The Labute approximate surface area is 266 Å². The molecule has 1 amide bonds. The van der Waals surface area contributed by atoms with Crippen LogP contribution >= 0.6 is 0 Å². The lowest BCUT2D eigenvalue weighted by atomic mass is 10.0. The van der Waals surface area contributed by atoms with Crippen molar-refractivity contribution in [1.82, 2.24) is 34.9 Å². The standard InChI is InChI=1S/C33H24F2N8O3S/c1-47(45,46)38-15-18-11-20(13-22(34)12-18)29-30-26(9-10-37-29)40-32(41-30)31-27-25(42-43-31)8-7-24(28(27)35)21-14-23(17-36-16-21)39-33(44)19-5-3-2-4-6-19/h2-14,16-17,38H,15H2,1H3,(H,39,44)(H,40,41)(H,42,43). The van der Waals surface area contributed by atoms with Crippen molar-refractivity contribution in [3.63, 3.8) is 0 Å². The summed E-state index contributed by atoms with van der Waals surface area (Å²) in [7, 11) is -3.50. The van der Waals surface area contributed by atoms with E-state index in [1.54, 1.807) is 54.6 Å². The third-order valence-electron chi connectivity index (χ3n) is 7.40. The minimum Gasteiger partial charge on any atom is -0.336 e. The Morgan fingerprint density at radius 1 is 0.915 bits per heavy atom. The second-order valence-corrected chi connectivity index (χ2v) is 12.6. The Morgan fingerprint density at radius 3 is 2.55 bits per heavy atom. The molecule has 3 aromatic carbocycles. The van der Waals surface area contributed by atoms with E-state index >= 15 is 4.39 Å². The van der Waals surface area contributed by atoms with Crippen LogP contribution < -0.4 is 10.0 Å². The summed E-state index contributed by atoms with van der Waals surface area (Å²) in [6.07, 6.45) is 5.52. The molecule has 0 fully saturated rings. The van der Waals surface area contributed by atoms with Gasteiger partial charge in [0.1, 0.15) is 22.8 Å². The Kier molecular flexibility index (Phi) is 7.50. The summed E-state index contributed by atoms with van der Waals surface area (Å²) in [6.45, 7) is -0.107. The summed E-state index contributed by atoms with van der Waals surface area (Å²) in [6, 6.07) is 19.4. The fourth-order valence-corrected chi connectivity index (χ4v) is 5.71. The van der Waals surface area contributed by atoms with Gasteiger partial charge in [0.2, 0.25) is 10.0 Å². The lowest BCUT2D eigenvalue weighted by Gasteiger charge is -2.09. The summed E-state index contributed by atoms with van der Waals surface area (Å²) in [5.74, 6) is -1.23. The van der Waals surface area contributed by atoms with Gasteiger partial charge in [-0.25, -0.2) is 26.9 Å². The van der Waals surface area contributed by atoms with E-state index in [0.717, 1.165) is 6.26 Å². The molecule has 0 saturated heterocycles. The number of anilines is 1. The molecule has 4 heterocycles. The molecular formula is C33H24F2N8O3S. The number of amides is 1. The van der Waals surface area contributed by atoms with Gasteiger partial charge >= 0.3 is 0 Å². The first-order valence-electron chi connectivity index (χ1n) is 14.2. The van der Waals surface area contributed by atoms with Gasteiger partial charge in [-0.2, -0.15) is 5.10 Å². The van der Waals surface area contributed by atoms with Gasteiger partial charge < -0.3 is 10.3 Å². The van der Waals surface area contributed by atoms with E-state index in [4.69, 9.17) is 0 Å². The molecule has 0 aliphatic carbocycles. The molecule has 0 saturated carbocycles. The number of rotatable bonds is 8. The maximum Gasteiger partial charge on any atom is 0.255 e. The van der Waals surface area contributed by atoms with Gasteiger partial charge in [0, 0.05) is 41.2 Å². The highest BCUT2D eigenvalue weighted by Crippen LogP contribution is 2.35. The number of halogens is 2. The summed E-state index contributed by atoms with van der Waals surface area (Å²) >= 11 is 0. The normalized spacial score (nSPS) is 11.7. The maximum atomic E-state index is 16.3. The zero-order valence-corrected chi connectivity index (χ0v) is 25.4. The number of carbonyl (C=O) groups excluding carboxylic acids is 1. The number of aromatic nitrogens is 6. The van der Waals surface area contributed by atoms with E-state index in [0.29, 0.717) is 50.2 Å². The fourth-order valence-electron chi connectivity index (χ4n) is 5.28. The summed E-state index contributed by atoms with van der Waals surface area (Å²) in [4.78, 5) is 29.1. The lowest BCUT2D eigenvalue weighted by molar-refractivity contribution is 0.102. The largest absolute Gasteiger partial charge is 0.336 e. The van der Waals surface area contributed by atoms with Crippen LogP contribution in [0.25, 0.3) is 55.8 Å². The number of imidazole rings is 1. The number of carbonyl (C=O) groups is 1. The highest BCUT2D eigenvalue weighted by atomic mass is 32.2. The number of nitrogens with zero attached hydrogens (tertiary/aromatic N) is 4. The van der Waals surface area contributed by atoms with Crippen molar-refractivity contribution in [3.05, 3.63) is 114 Å². The summed E-state index contributed by atoms with van der Waals surface area (Å²) < 4.78 is 56.4. The highest BCUT2D eigenvalue weighted by molar-refractivity contribution is 7.88. The average Bonchev–Trinajstić information content (AvgIpc) is 3.69. The fraction of sp³-hybridized carbons (Fsp3) is 0.0606. The molecule has 0 bridgehead atoms. The number of nitrogens with one attached hydrogen (secondary N) is 4. The van der Waals surface area contributed by atoms with Crippen LogP contribution in [-0.4, -0.2) is 50.7 Å². The first-order chi connectivity index (χ1) is 22.6. The van der Waals surface area contributed by atoms with Crippen molar-refractivity contribution < 1.29 is 22.0 Å². The van der Waals surface area contributed by atoms with Gasteiger partial charge in [0.05, 0.1) is 40.3 Å². The van der Waals surface area contributed by atoms with Gasteiger partial charge in [-0.15, -0.1) is 0 Å². The van der Waals surface area contributed by atoms with E-state index in [-0.39, 0.29) is 34.9 Å². The van der Waals surface area contributed by atoms with Gasteiger partial charge in [-0.1, -0.05) is 18.2 Å². The summed E-state index contributed by atoms with van der Waals surface area (Å²) in [5.41, 5.74) is 4.21. The monoisotopic (exact) mass is 650 g/mol. The van der Waals surface area contributed by atoms with Crippen molar-refractivity contribution in [1.29, 1.82) is 0 Å². The van der Waals surface area contributed by atoms with Crippen LogP contribution in [-0.2, 0) is 16.6 Å². The Morgan fingerprint density at radius 2 is 1.74 bits per heavy atom. The predicted octanol–water partition coefficient (Wildman–Crippen LogP) is 5.81. The first kappa shape index (κ1) is 29.8. The van der Waals surface area contributed by atoms with Crippen LogP contribution in [0.15, 0.2) is 91.4 Å². The third kappa shape index (κ3) is 6.06. The smallest absolute Gasteiger partial charge is 0.255 e. The van der Waals surface area contributed by atoms with Crippen molar-refractivity contribution in [2.75, 3.05) is 11.6 Å². The molecule has 47 heavy (non-hydrogen) atoms. The number of sulfonamides is 1. The van der Waals surface area contributed by atoms with E-state index < -0.39 is 21.7 Å². The molecule has 0 radical (unpaired) electrons. The number of hydrogen-bond donors (Lipinski definition) is 4. The van der Waals surface area contributed by atoms with Crippen molar-refractivity contribution in [2.24, 2.45) is 0 Å². The second-order valence-electron chi connectivity index (χ2n) is 10.8. The molecule has 14 heteroatoms. The molecule has 0 aliphatic heterocycles. The van der Waals surface area contributed by atoms with Gasteiger partial charge in [0.15, 0.2) is 5.82 Å². The van der Waals surface area contributed by atoms with E-state index in [1.807, 2.05) is 6.07 Å². The molecular weight excluding hydrogens is 626 g/mol. The quantitative estimate of drug-likeness (QED) is 0.162. The Hall–Kier alpha value is -5.86. The zero-order valence-electron chi connectivity index (χ0n) is 24.5. The van der Waals surface area contributed by atoms with Crippen LogP contribution in [0.4, 0.5) is 14.5 Å². The molecule has 0 atom stereocenters. The molecule has 0 unspecified atom stereocenters. The minimum atomic E-state index is -3.50. The highest BCUT2D eigenvalue weighted by Gasteiger charge is 2.21. The molecule has 234 valence electrons. The van der Waals surface area contributed by atoms with E-state index in [2.05, 4.69) is 40.2 Å². The van der Waals surface area contributed by atoms with Crippen LogP contribution in [0.2, 0.25) is 0 Å². The van der Waals surface area contributed by atoms with Crippen LogP contribution in [0.1, 0.15) is 15.9 Å². The van der Waals surface area contributed by atoms with Gasteiger partial charge in [-0.05, 0) is 60.2 Å². The molecule has 11 nitrogen and oxygen atoms in total. The third-order valence-corrected chi connectivity index (χ3v) is 8.07. The predicted molar refractivity (Wildman–Crippen MR) is 174 cm³/mol. The molecule has 0 aliphatic rings. The minimum absolute atomic E-state index is 0.107. The van der Waals surface area contributed by atoms with E-state index in [9.17, 15) is 17.6 Å². The zero-order chi connectivity index (χ0) is 32.7. The van der Waals surface area contributed by atoms with Gasteiger partial charge in [-0.3, -0.25) is 19.9 Å². The average molecular weight is 651 g/mol. The van der Waals surface area contributed by atoms with Crippen LogP contribution in [0.3, 0.4) is 0 Å². The summed E-state index contributed by atoms with van der Waals surface area (Å²) in [5, 5.41) is 10.2. The Bertz CT molecular complexity index is 2430. The topological polar surface area (TPSA) is 158 Å². The van der Waals surface area contributed by atoms with Crippen LogP contribution in [0, 0.1) is 11.6 Å². The first-order valence-corrected chi connectivity index (χ1v) is 16.1. The number of pyridine rings is 2. The maximum absolute atomic E-state index is 16.3. The Balaban J connectivity index is 1.25. The number of benzene rings is 3. The molecule has 7 rings (SSSR count).